The lowest BCUT2D eigenvalue weighted by molar-refractivity contribution is -0.139. The number of fused-ring (bicyclic) bond motifs is 1. The minimum atomic E-state index is -0.680. The molecule has 1 aliphatic rings. The van der Waals surface area contributed by atoms with Crippen LogP contribution in [-0.4, -0.2) is 28.0 Å². The van der Waals surface area contributed by atoms with Gasteiger partial charge in [-0.25, -0.2) is 4.39 Å². The molecular formula is C26H23FN2O3. The Morgan fingerprint density at radius 2 is 1.69 bits per heavy atom. The number of nitrogens with zero attached hydrogens (tertiary/aromatic N) is 2. The summed E-state index contributed by atoms with van der Waals surface area (Å²) in [6, 6.07) is 17.6. The second-order valence-electron chi connectivity index (χ2n) is 8.38. The first-order valence-electron chi connectivity index (χ1n) is 10.6. The van der Waals surface area contributed by atoms with E-state index in [0.717, 1.165) is 22.0 Å². The quantitative estimate of drug-likeness (QED) is 0.456. The maximum atomic E-state index is 14.0. The maximum absolute atomic E-state index is 14.0. The van der Waals surface area contributed by atoms with E-state index in [9.17, 15) is 9.18 Å². The summed E-state index contributed by atoms with van der Waals surface area (Å²) in [6.45, 7) is 4.49. The molecule has 2 aromatic carbocycles. The molecule has 32 heavy (non-hydrogen) atoms. The second-order valence-corrected chi connectivity index (χ2v) is 8.38. The van der Waals surface area contributed by atoms with Crippen LogP contribution >= 0.6 is 0 Å². The monoisotopic (exact) mass is 430 g/mol. The highest BCUT2D eigenvalue weighted by Gasteiger charge is 2.33. The van der Waals surface area contributed by atoms with E-state index in [0.29, 0.717) is 24.3 Å². The topological polar surface area (TPSA) is 53.4 Å². The van der Waals surface area contributed by atoms with Crippen LogP contribution in [0.1, 0.15) is 13.8 Å². The molecule has 0 amide bonds. The van der Waals surface area contributed by atoms with Gasteiger partial charge < -0.3 is 14.0 Å². The highest BCUT2D eigenvalue weighted by Crippen LogP contribution is 2.36. The highest BCUT2D eigenvalue weighted by atomic mass is 19.1. The zero-order chi connectivity index (χ0) is 22.3. The predicted molar refractivity (Wildman–Crippen MR) is 122 cm³/mol. The van der Waals surface area contributed by atoms with E-state index in [1.807, 2.05) is 50.2 Å². The average Bonchev–Trinajstić information content (AvgIpc) is 3.15. The summed E-state index contributed by atoms with van der Waals surface area (Å²) < 4.78 is 27.1. The van der Waals surface area contributed by atoms with E-state index >= 15 is 0 Å². The van der Waals surface area contributed by atoms with E-state index in [1.54, 1.807) is 29.1 Å². The van der Waals surface area contributed by atoms with Gasteiger partial charge in [0.05, 0.1) is 24.2 Å². The molecule has 0 bridgehead atoms. The molecule has 1 unspecified atom stereocenters. The van der Waals surface area contributed by atoms with Crippen LogP contribution in [0.5, 0.6) is 0 Å². The molecule has 1 saturated heterocycles. The van der Waals surface area contributed by atoms with Crippen LogP contribution in [-0.2, 0) is 16.0 Å². The molecule has 3 heterocycles. The van der Waals surface area contributed by atoms with Gasteiger partial charge in [-0.3, -0.25) is 9.78 Å². The molecule has 4 aromatic rings. The number of ether oxygens (including phenoxy) is 2. The van der Waals surface area contributed by atoms with Gasteiger partial charge in [-0.15, -0.1) is 0 Å². The first-order valence-corrected chi connectivity index (χ1v) is 10.6. The molecular weight excluding hydrogens is 407 g/mol. The van der Waals surface area contributed by atoms with Crippen LogP contribution < -0.4 is 5.56 Å². The van der Waals surface area contributed by atoms with Crippen molar-refractivity contribution < 1.29 is 13.9 Å². The highest BCUT2D eigenvalue weighted by molar-refractivity contribution is 6.02. The van der Waals surface area contributed by atoms with Crippen LogP contribution in [0.15, 0.2) is 77.9 Å². The minimum absolute atomic E-state index is 0.157. The van der Waals surface area contributed by atoms with Gasteiger partial charge in [0, 0.05) is 23.3 Å². The van der Waals surface area contributed by atoms with E-state index in [2.05, 4.69) is 4.98 Å². The third kappa shape index (κ3) is 3.72. The van der Waals surface area contributed by atoms with Gasteiger partial charge in [-0.05, 0) is 55.3 Å². The number of aromatic nitrogens is 2. The molecule has 1 fully saturated rings. The summed E-state index contributed by atoms with van der Waals surface area (Å²) >= 11 is 0. The largest absolute Gasteiger partial charge is 0.348 e. The average molecular weight is 430 g/mol. The van der Waals surface area contributed by atoms with Crippen molar-refractivity contribution in [3.05, 3.63) is 89.2 Å². The van der Waals surface area contributed by atoms with Crippen LogP contribution in [0.4, 0.5) is 4.39 Å². The summed E-state index contributed by atoms with van der Waals surface area (Å²) in [5.41, 5.74) is 3.51. The second kappa shape index (κ2) is 7.97. The van der Waals surface area contributed by atoms with Crippen molar-refractivity contribution in [2.45, 2.75) is 32.3 Å². The molecule has 162 valence electrons. The molecule has 1 atom stereocenters. The lowest BCUT2D eigenvalue weighted by Crippen LogP contribution is -2.31. The summed E-state index contributed by atoms with van der Waals surface area (Å²) in [4.78, 5) is 18.1. The van der Waals surface area contributed by atoms with Crippen LogP contribution in [0, 0.1) is 5.82 Å². The number of rotatable bonds is 4. The molecule has 0 aliphatic carbocycles. The number of hydrogen-bond acceptors (Lipinski definition) is 4. The number of para-hydroxylation sites is 1. The lowest BCUT2D eigenvalue weighted by Gasteiger charge is -2.21. The smallest absolute Gasteiger partial charge is 0.259 e. The molecule has 0 spiro atoms. The first kappa shape index (κ1) is 20.5. The lowest BCUT2D eigenvalue weighted by atomic mass is 9.92. The van der Waals surface area contributed by atoms with Crippen molar-refractivity contribution in [2.75, 3.05) is 6.61 Å². The maximum Gasteiger partial charge on any atom is 0.259 e. The summed E-state index contributed by atoms with van der Waals surface area (Å²) in [6.07, 6.45) is 3.16. The fourth-order valence-electron chi connectivity index (χ4n) is 4.35. The van der Waals surface area contributed by atoms with E-state index in [-0.39, 0.29) is 17.5 Å². The van der Waals surface area contributed by atoms with Crippen molar-refractivity contribution >= 4 is 10.9 Å². The van der Waals surface area contributed by atoms with Gasteiger partial charge in [0.1, 0.15) is 11.9 Å². The fraction of sp³-hybridized carbons (Fsp3) is 0.231. The Morgan fingerprint density at radius 3 is 2.38 bits per heavy atom. The van der Waals surface area contributed by atoms with Crippen LogP contribution in [0.3, 0.4) is 0 Å². The van der Waals surface area contributed by atoms with Crippen molar-refractivity contribution in [2.24, 2.45) is 0 Å². The number of halogens is 1. The Bertz CT molecular complexity index is 1330. The van der Waals surface area contributed by atoms with Crippen molar-refractivity contribution in [3.63, 3.8) is 0 Å². The number of benzene rings is 2. The zero-order valence-corrected chi connectivity index (χ0v) is 17.9. The van der Waals surface area contributed by atoms with Crippen molar-refractivity contribution in [1.29, 1.82) is 0 Å². The summed E-state index contributed by atoms with van der Waals surface area (Å²) in [5.74, 6) is -1.03. The van der Waals surface area contributed by atoms with Crippen molar-refractivity contribution in [1.82, 2.24) is 9.55 Å². The first-order chi connectivity index (χ1) is 15.4. The Balaban J connectivity index is 1.80. The Kier molecular flexibility index (Phi) is 5.12. The standard InChI is InChI=1S/C26H23FN2O3/c1-26(2)31-16-20(32-26)15-29-22-6-4-3-5-21(22)23(18-11-13-28-14-12-18)24(25(29)30)17-7-9-19(27)10-8-17/h3-14,20H,15-16H2,1-2H3. The minimum Gasteiger partial charge on any atom is -0.348 e. The molecule has 5 nitrogen and oxygen atoms in total. The van der Waals surface area contributed by atoms with Crippen LogP contribution in [0.25, 0.3) is 33.2 Å². The van der Waals surface area contributed by atoms with Crippen molar-refractivity contribution in [3.8, 4) is 22.3 Å². The fourth-order valence-corrected chi connectivity index (χ4v) is 4.35. The van der Waals surface area contributed by atoms with Gasteiger partial charge in [0.15, 0.2) is 5.79 Å². The zero-order valence-electron chi connectivity index (χ0n) is 17.9. The molecule has 5 rings (SSSR count). The van der Waals surface area contributed by atoms with E-state index in [4.69, 9.17) is 9.47 Å². The predicted octanol–water partition coefficient (Wildman–Crippen LogP) is 5.02. The van der Waals surface area contributed by atoms with Gasteiger partial charge in [-0.2, -0.15) is 0 Å². The summed E-state index contributed by atoms with van der Waals surface area (Å²) in [7, 11) is 0. The van der Waals surface area contributed by atoms with Crippen LogP contribution in [0.2, 0.25) is 0 Å². The third-order valence-electron chi connectivity index (χ3n) is 5.73. The van der Waals surface area contributed by atoms with Gasteiger partial charge in [0.2, 0.25) is 0 Å². The Hall–Kier alpha value is -3.35. The van der Waals surface area contributed by atoms with E-state index in [1.165, 1.54) is 12.1 Å². The van der Waals surface area contributed by atoms with Gasteiger partial charge >= 0.3 is 0 Å². The SMILES string of the molecule is CC1(C)OCC(Cn2c(=O)c(-c3ccc(F)cc3)c(-c3ccncc3)c3ccccc32)O1. The third-order valence-corrected chi connectivity index (χ3v) is 5.73. The molecule has 6 heteroatoms. The number of hydrogen-bond donors (Lipinski definition) is 0. The normalized spacial score (nSPS) is 17.7. The Morgan fingerprint density at radius 1 is 1.00 bits per heavy atom. The molecule has 0 radical (unpaired) electrons. The van der Waals surface area contributed by atoms with Gasteiger partial charge in [-0.1, -0.05) is 30.3 Å². The molecule has 1 aliphatic heterocycles. The summed E-state index contributed by atoms with van der Waals surface area (Å²) in [5, 5.41) is 0.927. The number of pyridine rings is 2. The van der Waals surface area contributed by atoms with Gasteiger partial charge in [0.25, 0.3) is 5.56 Å². The van der Waals surface area contributed by atoms with E-state index < -0.39 is 5.79 Å². The Labute approximate surface area is 185 Å². The molecule has 0 N–H and O–H groups in total. The molecule has 0 saturated carbocycles. The molecule has 2 aromatic heterocycles.